The van der Waals surface area contributed by atoms with Gasteiger partial charge < -0.3 is 21.9 Å². The second-order valence-corrected chi connectivity index (χ2v) is 3.54. The van der Waals surface area contributed by atoms with Crippen LogP contribution < -0.4 is 17.0 Å². The Morgan fingerprint density at radius 3 is 2.38 bits per heavy atom. The standard InChI is InChI=1S/C11H21N2O2.ClH/c1-3-7-14-9-10-15-8-6-13-5-4-12(2)11-13;/h4-5,11H,3,6-10H2,1-2H3;1H/q+1;/p-1. The Morgan fingerprint density at radius 2 is 1.81 bits per heavy atom. The van der Waals surface area contributed by atoms with E-state index >= 15 is 0 Å². The molecule has 0 unspecified atom stereocenters. The summed E-state index contributed by atoms with van der Waals surface area (Å²) in [5, 5.41) is 0. The summed E-state index contributed by atoms with van der Waals surface area (Å²) in [6.45, 7) is 5.96. The highest BCUT2D eigenvalue weighted by molar-refractivity contribution is 4.65. The SMILES string of the molecule is CCCOCCOCCn1cc[n+](C)c1.[Cl-]. The Labute approximate surface area is 104 Å². The topological polar surface area (TPSA) is 27.3 Å². The molecule has 4 nitrogen and oxygen atoms in total. The number of imidazole rings is 1. The lowest BCUT2D eigenvalue weighted by molar-refractivity contribution is -0.671. The molecule has 0 bridgehead atoms. The first-order valence-corrected chi connectivity index (χ1v) is 5.49. The minimum atomic E-state index is 0. The molecule has 0 aliphatic heterocycles. The summed E-state index contributed by atoms with van der Waals surface area (Å²) in [6.07, 6.45) is 7.16. The first-order valence-electron chi connectivity index (χ1n) is 5.49. The van der Waals surface area contributed by atoms with Gasteiger partial charge in [0, 0.05) is 6.61 Å². The molecule has 1 rings (SSSR count). The molecule has 1 aromatic rings. The fourth-order valence-electron chi connectivity index (χ4n) is 1.27. The summed E-state index contributed by atoms with van der Waals surface area (Å²) in [4.78, 5) is 0. The van der Waals surface area contributed by atoms with Gasteiger partial charge in [-0.2, -0.15) is 0 Å². The summed E-state index contributed by atoms with van der Waals surface area (Å²) >= 11 is 0. The second-order valence-electron chi connectivity index (χ2n) is 3.54. The van der Waals surface area contributed by atoms with Gasteiger partial charge in [-0.1, -0.05) is 6.92 Å². The Balaban J connectivity index is 0.00000225. The van der Waals surface area contributed by atoms with E-state index in [9.17, 15) is 0 Å². The fourth-order valence-corrected chi connectivity index (χ4v) is 1.27. The number of halogens is 1. The third kappa shape index (κ3) is 6.82. The summed E-state index contributed by atoms with van der Waals surface area (Å²) in [5.74, 6) is 0. The molecular weight excluding hydrogens is 228 g/mol. The second kappa shape index (κ2) is 9.63. The molecule has 0 aliphatic rings. The zero-order valence-electron chi connectivity index (χ0n) is 10.1. The average Bonchev–Trinajstić information content (AvgIpc) is 2.63. The van der Waals surface area contributed by atoms with E-state index in [2.05, 4.69) is 11.5 Å². The lowest BCUT2D eigenvalue weighted by atomic mass is 10.5. The number of hydrogen-bond acceptors (Lipinski definition) is 2. The van der Waals surface area contributed by atoms with Crippen molar-refractivity contribution in [3.63, 3.8) is 0 Å². The van der Waals surface area contributed by atoms with Crippen LogP contribution in [0.4, 0.5) is 0 Å². The van der Waals surface area contributed by atoms with Crippen LogP contribution in [0.2, 0.25) is 0 Å². The molecule has 1 aromatic heterocycles. The smallest absolute Gasteiger partial charge is 0.243 e. The maximum Gasteiger partial charge on any atom is 0.243 e. The third-order valence-corrected chi connectivity index (χ3v) is 2.04. The van der Waals surface area contributed by atoms with E-state index in [4.69, 9.17) is 9.47 Å². The van der Waals surface area contributed by atoms with Gasteiger partial charge in [0.2, 0.25) is 6.33 Å². The summed E-state index contributed by atoms with van der Waals surface area (Å²) in [6, 6.07) is 0. The van der Waals surface area contributed by atoms with Crippen LogP contribution in [0, 0.1) is 0 Å². The van der Waals surface area contributed by atoms with Gasteiger partial charge in [-0.05, 0) is 6.42 Å². The van der Waals surface area contributed by atoms with E-state index < -0.39 is 0 Å². The van der Waals surface area contributed by atoms with Gasteiger partial charge in [0.05, 0.1) is 26.9 Å². The van der Waals surface area contributed by atoms with Crippen molar-refractivity contribution in [1.29, 1.82) is 0 Å². The Kier molecular flexibility index (Phi) is 9.28. The van der Waals surface area contributed by atoms with Gasteiger partial charge in [0.25, 0.3) is 0 Å². The highest BCUT2D eigenvalue weighted by atomic mass is 35.5. The molecule has 94 valence electrons. The van der Waals surface area contributed by atoms with Gasteiger partial charge >= 0.3 is 0 Å². The Bertz CT molecular complexity index is 266. The minimum Gasteiger partial charge on any atom is -1.00 e. The van der Waals surface area contributed by atoms with Crippen molar-refractivity contribution in [3.05, 3.63) is 18.7 Å². The van der Waals surface area contributed by atoms with Crippen molar-refractivity contribution in [1.82, 2.24) is 4.57 Å². The minimum absolute atomic E-state index is 0. The number of aryl methyl sites for hydroxylation is 1. The van der Waals surface area contributed by atoms with Crippen molar-refractivity contribution < 1.29 is 26.4 Å². The molecule has 0 aromatic carbocycles. The molecule has 0 spiro atoms. The highest BCUT2D eigenvalue weighted by Gasteiger charge is 1.98. The number of nitrogens with zero attached hydrogens (tertiary/aromatic N) is 2. The van der Waals surface area contributed by atoms with Gasteiger partial charge in [-0.3, -0.25) is 0 Å². The number of aromatic nitrogens is 2. The molecule has 0 atom stereocenters. The van der Waals surface area contributed by atoms with E-state index in [-0.39, 0.29) is 12.4 Å². The first-order chi connectivity index (χ1) is 7.33. The molecule has 0 saturated heterocycles. The lowest BCUT2D eigenvalue weighted by Crippen LogP contribution is -3.00. The van der Waals surface area contributed by atoms with Crippen molar-refractivity contribution >= 4 is 0 Å². The van der Waals surface area contributed by atoms with Gasteiger partial charge in [-0.15, -0.1) is 0 Å². The van der Waals surface area contributed by atoms with E-state index in [1.807, 2.05) is 30.3 Å². The molecule has 0 amide bonds. The van der Waals surface area contributed by atoms with Crippen LogP contribution in [-0.4, -0.2) is 31.0 Å². The normalized spacial score (nSPS) is 10.1. The molecular formula is C11H21ClN2O2. The average molecular weight is 249 g/mol. The molecule has 5 heteroatoms. The maximum atomic E-state index is 5.44. The molecule has 0 radical (unpaired) electrons. The van der Waals surface area contributed by atoms with Crippen molar-refractivity contribution in [2.45, 2.75) is 19.9 Å². The first kappa shape index (κ1) is 15.4. The van der Waals surface area contributed by atoms with E-state index in [1.165, 1.54) is 0 Å². The highest BCUT2D eigenvalue weighted by Crippen LogP contribution is 1.86. The zero-order valence-corrected chi connectivity index (χ0v) is 10.8. The third-order valence-electron chi connectivity index (χ3n) is 2.04. The van der Waals surface area contributed by atoms with Gasteiger partial charge in [0.1, 0.15) is 18.9 Å². The van der Waals surface area contributed by atoms with Gasteiger partial charge in [-0.25, -0.2) is 9.13 Å². The maximum absolute atomic E-state index is 5.44. The lowest BCUT2D eigenvalue weighted by Gasteiger charge is -2.03. The van der Waals surface area contributed by atoms with Crippen LogP contribution in [0.5, 0.6) is 0 Å². The quantitative estimate of drug-likeness (QED) is 0.384. The van der Waals surface area contributed by atoms with Crippen LogP contribution >= 0.6 is 0 Å². The van der Waals surface area contributed by atoms with E-state index in [0.717, 1.165) is 26.2 Å². The predicted octanol–water partition coefficient (Wildman–Crippen LogP) is -2.24. The molecule has 16 heavy (non-hydrogen) atoms. The van der Waals surface area contributed by atoms with Crippen LogP contribution in [-0.2, 0) is 23.1 Å². The fraction of sp³-hybridized carbons (Fsp3) is 0.727. The number of ether oxygens (including phenoxy) is 2. The largest absolute Gasteiger partial charge is 1.00 e. The molecule has 0 fully saturated rings. The van der Waals surface area contributed by atoms with Gasteiger partial charge in [0.15, 0.2) is 0 Å². The number of hydrogen-bond donors (Lipinski definition) is 0. The molecule has 0 aliphatic carbocycles. The number of rotatable bonds is 8. The van der Waals surface area contributed by atoms with E-state index in [1.54, 1.807) is 0 Å². The summed E-state index contributed by atoms with van der Waals surface area (Å²) in [5.41, 5.74) is 0. The molecule has 0 N–H and O–H groups in total. The molecule has 0 saturated carbocycles. The summed E-state index contributed by atoms with van der Waals surface area (Å²) < 4.78 is 14.9. The van der Waals surface area contributed by atoms with Crippen molar-refractivity contribution in [3.8, 4) is 0 Å². The van der Waals surface area contributed by atoms with Crippen LogP contribution in [0.1, 0.15) is 13.3 Å². The monoisotopic (exact) mass is 248 g/mol. The summed E-state index contributed by atoms with van der Waals surface area (Å²) in [7, 11) is 2.01. The van der Waals surface area contributed by atoms with E-state index in [0.29, 0.717) is 13.2 Å². The zero-order chi connectivity index (χ0) is 10.9. The van der Waals surface area contributed by atoms with Crippen LogP contribution in [0.3, 0.4) is 0 Å². The van der Waals surface area contributed by atoms with Crippen LogP contribution in [0.25, 0.3) is 0 Å². The predicted molar refractivity (Wildman–Crippen MR) is 57.5 cm³/mol. The molecule has 1 heterocycles. The van der Waals surface area contributed by atoms with Crippen molar-refractivity contribution in [2.24, 2.45) is 7.05 Å². The van der Waals surface area contributed by atoms with Crippen LogP contribution in [0.15, 0.2) is 18.7 Å². The Hall–Kier alpha value is -0.580. The Morgan fingerprint density at radius 1 is 1.12 bits per heavy atom. The van der Waals surface area contributed by atoms with Crippen molar-refractivity contribution in [2.75, 3.05) is 26.4 Å².